The minimum absolute atomic E-state index is 0.162. The van der Waals surface area contributed by atoms with Crippen molar-refractivity contribution in [3.8, 4) is 0 Å². The van der Waals surface area contributed by atoms with Crippen molar-refractivity contribution >= 4 is 7.60 Å². The van der Waals surface area contributed by atoms with E-state index >= 15 is 0 Å². The van der Waals surface area contributed by atoms with E-state index in [4.69, 9.17) is 0 Å². The molecule has 1 aliphatic rings. The van der Waals surface area contributed by atoms with E-state index in [0.717, 1.165) is 11.1 Å². The van der Waals surface area contributed by atoms with E-state index in [1.165, 1.54) is 0 Å². The second-order valence-corrected chi connectivity index (χ2v) is 8.01. The van der Waals surface area contributed by atoms with Crippen LogP contribution in [-0.4, -0.2) is 21.5 Å². The fourth-order valence-corrected chi connectivity index (χ4v) is 4.30. The van der Waals surface area contributed by atoms with E-state index in [1.807, 2.05) is 85.0 Å². The predicted octanol–water partition coefficient (Wildman–Crippen LogP) is 3.80. The first-order valence-electron chi connectivity index (χ1n) is 8.24. The van der Waals surface area contributed by atoms with E-state index in [-0.39, 0.29) is 12.2 Å². The molecule has 2 aromatic rings. The third-order valence-corrected chi connectivity index (χ3v) is 5.31. The molecule has 0 saturated heterocycles. The molecule has 0 unspecified atom stereocenters. The molecule has 1 atom stereocenters. The van der Waals surface area contributed by atoms with Gasteiger partial charge in [0, 0.05) is 0 Å². The lowest BCUT2D eigenvalue weighted by Crippen LogP contribution is -2.49. The zero-order valence-corrected chi connectivity index (χ0v) is 14.7. The van der Waals surface area contributed by atoms with Gasteiger partial charge in [-0.1, -0.05) is 85.0 Å². The molecular weight excluding hydrogens is 333 g/mol. The summed E-state index contributed by atoms with van der Waals surface area (Å²) in [5.74, 6) is 0. The van der Waals surface area contributed by atoms with Gasteiger partial charge in [-0.05, 0) is 17.5 Å². The van der Waals surface area contributed by atoms with E-state index in [2.05, 4.69) is 5.32 Å². The molecule has 0 saturated carbocycles. The van der Waals surface area contributed by atoms with Gasteiger partial charge < -0.3 is 9.79 Å². The van der Waals surface area contributed by atoms with Crippen molar-refractivity contribution in [3.05, 3.63) is 96.1 Å². The summed E-state index contributed by atoms with van der Waals surface area (Å²) in [7, 11) is -4.19. The Kier molecular flexibility index (Phi) is 5.36. The molecule has 1 aliphatic carbocycles. The quantitative estimate of drug-likeness (QED) is 0.690. The van der Waals surface area contributed by atoms with Crippen LogP contribution < -0.4 is 5.32 Å². The van der Waals surface area contributed by atoms with Crippen molar-refractivity contribution in [2.45, 2.75) is 18.0 Å². The normalized spacial score (nSPS) is 20.1. The van der Waals surface area contributed by atoms with Crippen LogP contribution in [0.3, 0.4) is 0 Å². The minimum Gasteiger partial charge on any atom is -0.324 e. The van der Waals surface area contributed by atoms with Crippen LogP contribution in [0.1, 0.15) is 23.6 Å². The first-order valence-corrected chi connectivity index (χ1v) is 10.0. The number of hydrogen-bond acceptors (Lipinski definition) is 2. The van der Waals surface area contributed by atoms with Crippen molar-refractivity contribution in [1.82, 2.24) is 5.32 Å². The molecule has 0 heterocycles. The fourth-order valence-electron chi connectivity index (χ4n) is 3.24. The van der Waals surface area contributed by atoms with Gasteiger partial charge >= 0.3 is 7.60 Å². The van der Waals surface area contributed by atoms with Crippen molar-refractivity contribution in [2.75, 3.05) is 6.16 Å². The van der Waals surface area contributed by atoms with Crippen LogP contribution in [0.5, 0.6) is 0 Å². The lowest BCUT2D eigenvalue weighted by Gasteiger charge is -2.37. The molecule has 0 aromatic heterocycles. The van der Waals surface area contributed by atoms with Crippen molar-refractivity contribution in [3.63, 3.8) is 0 Å². The number of rotatable bonds is 6. The highest BCUT2D eigenvalue weighted by atomic mass is 31.2. The van der Waals surface area contributed by atoms with Gasteiger partial charge in [0.1, 0.15) is 0 Å². The Labute approximate surface area is 148 Å². The Balaban J connectivity index is 1.99. The van der Waals surface area contributed by atoms with E-state index < -0.39 is 13.1 Å². The predicted molar refractivity (Wildman–Crippen MR) is 100 cm³/mol. The van der Waals surface area contributed by atoms with E-state index in [1.54, 1.807) is 0 Å². The lowest BCUT2D eigenvalue weighted by molar-refractivity contribution is 0.336. The van der Waals surface area contributed by atoms with Gasteiger partial charge in [0.05, 0.1) is 17.7 Å². The van der Waals surface area contributed by atoms with Crippen molar-refractivity contribution in [2.24, 2.45) is 0 Å². The second-order valence-electron chi connectivity index (χ2n) is 6.37. The van der Waals surface area contributed by atoms with Gasteiger partial charge in [0.2, 0.25) is 0 Å². The molecule has 4 nitrogen and oxygen atoms in total. The Morgan fingerprint density at radius 2 is 1.52 bits per heavy atom. The average Bonchev–Trinajstić information content (AvgIpc) is 2.61. The van der Waals surface area contributed by atoms with Gasteiger partial charge in [-0.15, -0.1) is 0 Å². The summed E-state index contributed by atoms with van der Waals surface area (Å²) in [6.07, 6.45) is 7.85. The molecule has 3 N–H and O–H groups in total. The van der Waals surface area contributed by atoms with Gasteiger partial charge in [-0.3, -0.25) is 9.88 Å². The number of hydrogen-bond donors (Lipinski definition) is 3. The summed E-state index contributed by atoms with van der Waals surface area (Å²) in [5, 5.41) is 3.53. The highest BCUT2D eigenvalue weighted by Crippen LogP contribution is 2.42. The summed E-state index contributed by atoms with van der Waals surface area (Å²) in [6.45, 7) is 0. The Hall–Kier alpha value is -1.97. The third-order valence-electron chi connectivity index (χ3n) is 4.33. The Bertz CT molecular complexity index is 759. The molecule has 0 amide bonds. The number of nitrogens with one attached hydrogen (secondary N) is 1. The standard InChI is InChI=1S/C20H22NO3P/c22-25(23,24)16-20(14-8-3-9-15-20)21-19(17-10-4-1-5-11-17)18-12-6-2-7-13-18/h1-14,19,21H,15-16H2,(H2,22,23,24)/t20-/m0/s1. The maximum absolute atomic E-state index is 11.8. The molecule has 0 radical (unpaired) electrons. The molecule has 2 aromatic carbocycles. The second kappa shape index (κ2) is 7.51. The fraction of sp³-hybridized carbons (Fsp3) is 0.200. The van der Waals surface area contributed by atoms with Gasteiger partial charge in [0.25, 0.3) is 0 Å². The summed E-state index contributed by atoms with van der Waals surface area (Å²) >= 11 is 0. The molecule has 0 spiro atoms. The van der Waals surface area contributed by atoms with Crippen LogP contribution in [0.25, 0.3) is 0 Å². The van der Waals surface area contributed by atoms with Gasteiger partial charge in [-0.2, -0.15) is 0 Å². The largest absolute Gasteiger partial charge is 0.327 e. The molecular formula is C20H22NO3P. The summed E-state index contributed by atoms with van der Waals surface area (Å²) < 4.78 is 11.8. The number of benzene rings is 2. The van der Waals surface area contributed by atoms with Crippen LogP contribution >= 0.6 is 7.60 Å². The van der Waals surface area contributed by atoms with Gasteiger partial charge in [0.15, 0.2) is 0 Å². The van der Waals surface area contributed by atoms with Crippen LogP contribution in [-0.2, 0) is 4.57 Å². The van der Waals surface area contributed by atoms with Crippen molar-refractivity contribution < 1.29 is 14.4 Å². The lowest BCUT2D eigenvalue weighted by atomic mass is 9.89. The van der Waals surface area contributed by atoms with E-state index in [0.29, 0.717) is 6.42 Å². The first kappa shape index (κ1) is 17.8. The van der Waals surface area contributed by atoms with Crippen LogP contribution in [0, 0.1) is 0 Å². The molecule has 3 rings (SSSR count). The summed E-state index contributed by atoms with van der Waals surface area (Å²) in [4.78, 5) is 19.2. The zero-order valence-electron chi connectivity index (χ0n) is 13.8. The Morgan fingerprint density at radius 3 is 1.96 bits per heavy atom. The van der Waals surface area contributed by atoms with E-state index in [9.17, 15) is 14.4 Å². The summed E-state index contributed by atoms with van der Waals surface area (Å²) in [6, 6.07) is 19.7. The highest BCUT2D eigenvalue weighted by molar-refractivity contribution is 7.51. The number of allylic oxidation sites excluding steroid dienone is 2. The first-order chi connectivity index (χ1) is 12.0. The van der Waals surface area contributed by atoms with Crippen LogP contribution in [0.2, 0.25) is 0 Å². The summed E-state index contributed by atoms with van der Waals surface area (Å²) in [5.41, 5.74) is 1.33. The molecule has 0 aliphatic heterocycles. The SMILES string of the molecule is O=P(O)(O)C[C@]1(NC(c2ccccc2)c2ccccc2)C=CC=CC1. The van der Waals surface area contributed by atoms with Crippen LogP contribution in [0.4, 0.5) is 0 Å². The highest BCUT2D eigenvalue weighted by Gasteiger charge is 2.37. The van der Waals surface area contributed by atoms with Crippen molar-refractivity contribution in [1.29, 1.82) is 0 Å². The van der Waals surface area contributed by atoms with Gasteiger partial charge in [-0.25, -0.2) is 0 Å². The molecule has 0 bridgehead atoms. The molecule has 25 heavy (non-hydrogen) atoms. The van der Waals surface area contributed by atoms with Crippen LogP contribution in [0.15, 0.2) is 85.0 Å². The topological polar surface area (TPSA) is 69.6 Å². The molecule has 0 fully saturated rings. The molecule has 130 valence electrons. The third kappa shape index (κ3) is 4.77. The smallest absolute Gasteiger partial charge is 0.324 e. The maximum atomic E-state index is 11.8. The average molecular weight is 355 g/mol. The maximum Gasteiger partial charge on any atom is 0.327 e. The monoisotopic (exact) mass is 355 g/mol. The molecule has 5 heteroatoms. The zero-order chi connectivity index (χ0) is 17.8. The minimum atomic E-state index is -4.19. The Morgan fingerprint density at radius 1 is 0.960 bits per heavy atom.